The van der Waals surface area contributed by atoms with Crippen molar-refractivity contribution in [3.63, 3.8) is 0 Å². The second-order valence-electron chi connectivity index (χ2n) is 2.55. The molecule has 0 heterocycles. The third-order valence-corrected chi connectivity index (χ3v) is 1.46. The molecule has 0 spiro atoms. The first kappa shape index (κ1) is 7.00. The largest absolute Gasteiger partial charge is 0.0649 e. The van der Waals surface area contributed by atoms with Gasteiger partial charge in [0.05, 0.1) is 0 Å². The van der Waals surface area contributed by atoms with Crippen LogP contribution in [0.4, 0.5) is 0 Å². The van der Waals surface area contributed by atoms with Crippen molar-refractivity contribution in [1.29, 1.82) is 0 Å². The Morgan fingerprint density at radius 1 is 1.57 bits per heavy atom. The molecular formula is C7H14. The highest BCUT2D eigenvalue weighted by atomic mass is 14.1. The molecular weight excluding hydrogens is 84.1 g/mol. The highest BCUT2D eigenvalue weighted by Gasteiger charge is 2.10. The molecule has 0 heteroatoms. The van der Waals surface area contributed by atoms with Crippen LogP contribution in [0.15, 0.2) is 0 Å². The molecule has 0 aliphatic carbocycles. The van der Waals surface area contributed by atoms with Crippen molar-refractivity contribution in [2.24, 2.45) is 5.41 Å². The first-order chi connectivity index (χ1) is 3.12. The van der Waals surface area contributed by atoms with E-state index in [1.165, 1.54) is 6.42 Å². The van der Waals surface area contributed by atoms with Crippen molar-refractivity contribution in [2.75, 3.05) is 0 Å². The van der Waals surface area contributed by atoms with Gasteiger partial charge in [-0.2, -0.15) is 0 Å². The molecule has 0 amide bonds. The fourth-order valence-corrected chi connectivity index (χ4v) is 0.144. The van der Waals surface area contributed by atoms with Crippen molar-refractivity contribution in [3.8, 4) is 0 Å². The van der Waals surface area contributed by atoms with Crippen molar-refractivity contribution in [3.05, 3.63) is 13.3 Å². The van der Waals surface area contributed by atoms with Gasteiger partial charge < -0.3 is 0 Å². The zero-order chi connectivity index (χ0) is 5.91. The zero-order valence-electron chi connectivity index (χ0n) is 5.49. The van der Waals surface area contributed by atoms with Crippen molar-refractivity contribution in [2.45, 2.75) is 27.2 Å². The summed E-state index contributed by atoms with van der Waals surface area (Å²) in [5.74, 6) is 0. The van der Waals surface area contributed by atoms with Crippen LogP contribution in [0, 0.1) is 18.8 Å². The minimum absolute atomic E-state index is 0.347. The summed E-state index contributed by atoms with van der Waals surface area (Å²) in [6.45, 7) is 10.2. The predicted octanol–water partition coefficient (Wildman–Crippen LogP) is 2.46. The Bertz CT molecular complexity index is 38.0. The second kappa shape index (κ2) is 2.34. The van der Waals surface area contributed by atoms with E-state index in [2.05, 4.69) is 27.7 Å². The molecule has 0 aromatic rings. The summed E-state index contributed by atoms with van der Waals surface area (Å²) in [7, 11) is 0. The molecule has 0 unspecified atom stereocenters. The topological polar surface area (TPSA) is 0 Å². The third kappa shape index (κ3) is 2.67. The Labute approximate surface area is 46.9 Å². The summed E-state index contributed by atoms with van der Waals surface area (Å²) in [6.07, 6.45) is 3.17. The minimum atomic E-state index is 0.347. The van der Waals surface area contributed by atoms with E-state index in [1.807, 2.05) is 6.42 Å². The van der Waals surface area contributed by atoms with Crippen LogP contribution in [-0.2, 0) is 0 Å². The zero-order valence-corrected chi connectivity index (χ0v) is 5.49. The number of rotatable bonds is 2. The predicted molar refractivity (Wildman–Crippen MR) is 33.7 cm³/mol. The van der Waals surface area contributed by atoms with Gasteiger partial charge >= 0.3 is 0 Å². The lowest BCUT2D eigenvalue weighted by atomic mass is 9.88. The second-order valence-corrected chi connectivity index (χ2v) is 2.55. The number of hydrogen-bond acceptors (Lipinski definition) is 0. The van der Waals surface area contributed by atoms with Gasteiger partial charge in [0.2, 0.25) is 0 Å². The van der Waals surface area contributed by atoms with E-state index in [0.717, 1.165) is 0 Å². The summed E-state index contributed by atoms with van der Waals surface area (Å²) in [5, 5.41) is 0. The van der Waals surface area contributed by atoms with E-state index < -0.39 is 0 Å². The molecule has 2 radical (unpaired) electrons. The van der Waals surface area contributed by atoms with Gasteiger partial charge in [-0.3, -0.25) is 0 Å². The summed E-state index contributed by atoms with van der Waals surface area (Å²) in [6, 6.07) is 0. The van der Waals surface area contributed by atoms with Crippen LogP contribution in [0.5, 0.6) is 0 Å². The van der Waals surface area contributed by atoms with Gasteiger partial charge in [-0.05, 0) is 18.8 Å². The van der Waals surface area contributed by atoms with Crippen LogP contribution < -0.4 is 0 Å². The van der Waals surface area contributed by atoms with Gasteiger partial charge in [-0.1, -0.05) is 27.2 Å². The molecule has 7 heavy (non-hydrogen) atoms. The van der Waals surface area contributed by atoms with Crippen LogP contribution in [0.2, 0.25) is 0 Å². The van der Waals surface area contributed by atoms with Crippen molar-refractivity contribution >= 4 is 0 Å². The van der Waals surface area contributed by atoms with Gasteiger partial charge in [0.1, 0.15) is 0 Å². The molecule has 0 bridgehead atoms. The SMILES string of the molecule is [CH2][CH]C(C)(C)CC. The van der Waals surface area contributed by atoms with Crippen LogP contribution in [0.3, 0.4) is 0 Å². The Hall–Kier alpha value is 0. The molecule has 0 rings (SSSR count). The highest BCUT2D eigenvalue weighted by molar-refractivity contribution is 4.84. The molecule has 0 fully saturated rings. The highest BCUT2D eigenvalue weighted by Crippen LogP contribution is 2.21. The van der Waals surface area contributed by atoms with Crippen LogP contribution >= 0.6 is 0 Å². The molecule has 0 saturated heterocycles. The summed E-state index contributed by atoms with van der Waals surface area (Å²) < 4.78 is 0. The average molecular weight is 98.2 g/mol. The molecule has 0 atom stereocenters. The van der Waals surface area contributed by atoms with Crippen molar-refractivity contribution < 1.29 is 0 Å². The maximum Gasteiger partial charge on any atom is -0.0326 e. The minimum Gasteiger partial charge on any atom is -0.0649 e. The van der Waals surface area contributed by atoms with Crippen LogP contribution in [0.1, 0.15) is 27.2 Å². The quantitative estimate of drug-likeness (QED) is 0.497. The van der Waals surface area contributed by atoms with Crippen molar-refractivity contribution in [1.82, 2.24) is 0 Å². The molecule has 0 aromatic carbocycles. The molecule has 0 aliphatic heterocycles. The van der Waals surface area contributed by atoms with E-state index in [9.17, 15) is 0 Å². The van der Waals surface area contributed by atoms with Gasteiger partial charge in [0.15, 0.2) is 0 Å². The smallest absolute Gasteiger partial charge is 0.0326 e. The fraction of sp³-hybridized carbons (Fsp3) is 0.714. The lowest BCUT2D eigenvalue weighted by molar-refractivity contribution is 0.432. The average Bonchev–Trinajstić information content (AvgIpc) is 1.68. The fourth-order valence-electron chi connectivity index (χ4n) is 0.144. The Kier molecular flexibility index (Phi) is 2.34. The van der Waals surface area contributed by atoms with Crippen LogP contribution in [-0.4, -0.2) is 0 Å². The monoisotopic (exact) mass is 98.1 g/mol. The Morgan fingerprint density at radius 3 is 2.00 bits per heavy atom. The summed E-state index contributed by atoms with van der Waals surface area (Å²) in [4.78, 5) is 0. The lowest BCUT2D eigenvalue weighted by Gasteiger charge is -2.18. The maximum absolute atomic E-state index is 3.70. The van der Waals surface area contributed by atoms with Crippen LogP contribution in [0.25, 0.3) is 0 Å². The first-order valence-corrected chi connectivity index (χ1v) is 2.76. The standard InChI is InChI=1S/C7H14/c1-5-7(3,4)6-2/h5H,1,6H2,2-4H3. The molecule has 0 aromatic heterocycles. The molecule has 42 valence electrons. The molecule has 0 aliphatic rings. The summed E-state index contributed by atoms with van der Waals surface area (Å²) >= 11 is 0. The number of hydrogen-bond donors (Lipinski definition) is 0. The Morgan fingerprint density at radius 2 is 2.00 bits per heavy atom. The third-order valence-electron chi connectivity index (χ3n) is 1.46. The van der Waals surface area contributed by atoms with E-state index >= 15 is 0 Å². The van der Waals surface area contributed by atoms with E-state index in [-0.39, 0.29) is 0 Å². The van der Waals surface area contributed by atoms with E-state index in [4.69, 9.17) is 0 Å². The molecule has 0 N–H and O–H groups in total. The molecule has 0 saturated carbocycles. The summed E-state index contributed by atoms with van der Waals surface area (Å²) in [5.41, 5.74) is 0.347. The first-order valence-electron chi connectivity index (χ1n) is 2.76. The normalized spacial score (nSPS) is 12.0. The van der Waals surface area contributed by atoms with Gasteiger partial charge in [0, 0.05) is 0 Å². The van der Waals surface area contributed by atoms with E-state index in [0.29, 0.717) is 5.41 Å². The van der Waals surface area contributed by atoms with Gasteiger partial charge in [-0.15, -0.1) is 0 Å². The van der Waals surface area contributed by atoms with E-state index in [1.54, 1.807) is 0 Å². The Balaban J connectivity index is 3.36. The maximum atomic E-state index is 3.70. The molecule has 0 nitrogen and oxygen atoms in total. The van der Waals surface area contributed by atoms with Gasteiger partial charge in [0.25, 0.3) is 0 Å². The lowest BCUT2D eigenvalue weighted by Crippen LogP contribution is -2.07. The van der Waals surface area contributed by atoms with Gasteiger partial charge in [-0.25, -0.2) is 0 Å².